The summed E-state index contributed by atoms with van der Waals surface area (Å²) >= 11 is 0. The molecular weight excluding hydrogens is 420 g/mol. The van der Waals surface area contributed by atoms with Gasteiger partial charge in [0.1, 0.15) is 0 Å². The second-order valence-corrected chi connectivity index (χ2v) is 7.90. The van der Waals surface area contributed by atoms with Gasteiger partial charge in [-0.2, -0.15) is 0 Å². The number of hydrogen-bond acceptors (Lipinski definition) is 6. The van der Waals surface area contributed by atoms with E-state index in [-0.39, 0.29) is 11.4 Å². The maximum Gasteiger partial charge on any atom is 0.269 e. The zero-order valence-electron chi connectivity index (χ0n) is 17.3. The van der Waals surface area contributed by atoms with Gasteiger partial charge in [-0.1, -0.05) is 36.4 Å². The maximum absolute atomic E-state index is 11.7. The van der Waals surface area contributed by atoms with Gasteiger partial charge >= 0.3 is 0 Å². The molecule has 0 spiro atoms. The summed E-state index contributed by atoms with van der Waals surface area (Å²) in [7, 11) is 0. The number of fused-ring (bicyclic) bond motifs is 3. The van der Waals surface area contributed by atoms with Crippen LogP contribution in [-0.2, 0) is 5.41 Å². The number of nitrogens with zero attached hydrogens (tertiary/aromatic N) is 2. The van der Waals surface area contributed by atoms with Gasteiger partial charge < -0.3 is 11.5 Å². The lowest BCUT2D eigenvalue weighted by Gasteiger charge is -2.35. The Morgan fingerprint density at radius 2 is 0.970 bits per heavy atom. The van der Waals surface area contributed by atoms with Gasteiger partial charge in [0.05, 0.1) is 15.3 Å². The fourth-order valence-corrected chi connectivity index (χ4v) is 4.93. The first-order valence-electron chi connectivity index (χ1n) is 10.1. The van der Waals surface area contributed by atoms with Crippen molar-refractivity contribution in [1.82, 2.24) is 0 Å². The average molecular weight is 438 g/mol. The monoisotopic (exact) mass is 438 g/mol. The van der Waals surface area contributed by atoms with Crippen molar-refractivity contribution >= 4 is 22.7 Å². The van der Waals surface area contributed by atoms with Crippen LogP contribution in [0, 0.1) is 20.2 Å². The molecule has 0 saturated heterocycles. The molecule has 0 fully saturated rings. The smallest absolute Gasteiger partial charge is 0.269 e. The molecule has 33 heavy (non-hydrogen) atoms. The number of non-ortho nitro benzene ring substituents is 2. The molecule has 8 heteroatoms. The summed E-state index contributed by atoms with van der Waals surface area (Å²) in [5.41, 5.74) is 16.4. The van der Waals surface area contributed by atoms with Crippen LogP contribution in [0.5, 0.6) is 0 Å². The van der Waals surface area contributed by atoms with Gasteiger partial charge in [-0.15, -0.1) is 0 Å². The molecule has 0 aromatic heterocycles. The van der Waals surface area contributed by atoms with Crippen molar-refractivity contribution in [3.8, 4) is 11.1 Å². The van der Waals surface area contributed by atoms with Gasteiger partial charge in [0.25, 0.3) is 11.4 Å². The molecule has 0 aliphatic heterocycles. The second kappa shape index (κ2) is 7.16. The molecule has 0 atom stereocenters. The number of nitro benzene ring substituents is 2. The van der Waals surface area contributed by atoms with Gasteiger partial charge in [0.2, 0.25) is 0 Å². The molecular formula is C25H18N4O4. The third-order valence-electron chi connectivity index (χ3n) is 6.26. The fraction of sp³-hybridized carbons (Fsp3) is 0.0400. The molecule has 0 radical (unpaired) electrons. The minimum Gasteiger partial charge on any atom is -0.398 e. The fourth-order valence-electron chi connectivity index (χ4n) is 4.93. The number of hydrogen-bond donors (Lipinski definition) is 2. The Balaban J connectivity index is 2.03. The molecule has 5 rings (SSSR count). The Morgan fingerprint density at radius 1 is 0.576 bits per heavy atom. The molecule has 0 heterocycles. The highest BCUT2D eigenvalue weighted by molar-refractivity contribution is 5.90. The number of anilines is 2. The van der Waals surface area contributed by atoms with Crippen LogP contribution in [0.2, 0.25) is 0 Å². The molecule has 162 valence electrons. The molecule has 4 aromatic rings. The van der Waals surface area contributed by atoms with Gasteiger partial charge in [-0.25, -0.2) is 0 Å². The highest BCUT2D eigenvalue weighted by Gasteiger charge is 2.49. The summed E-state index contributed by atoms with van der Waals surface area (Å²) in [5, 5.41) is 23.4. The Labute approximate surface area is 188 Å². The minimum atomic E-state index is -1.18. The molecule has 1 aliphatic rings. The Hall–Kier alpha value is -4.72. The van der Waals surface area contributed by atoms with Crippen molar-refractivity contribution in [2.24, 2.45) is 0 Å². The first-order chi connectivity index (χ1) is 15.9. The van der Waals surface area contributed by atoms with Crippen molar-refractivity contribution in [3.63, 3.8) is 0 Å². The van der Waals surface area contributed by atoms with Crippen LogP contribution in [-0.4, -0.2) is 9.85 Å². The molecule has 4 aromatic carbocycles. The summed E-state index contributed by atoms with van der Waals surface area (Å²) in [4.78, 5) is 22.5. The second-order valence-electron chi connectivity index (χ2n) is 7.90. The Bertz CT molecular complexity index is 1350. The normalized spacial score (nSPS) is 13.2. The average Bonchev–Trinajstić information content (AvgIpc) is 3.09. The van der Waals surface area contributed by atoms with Crippen LogP contribution >= 0.6 is 0 Å². The summed E-state index contributed by atoms with van der Waals surface area (Å²) in [6.45, 7) is 0. The van der Waals surface area contributed by atoms with Crippen molar-refractivity contribution in [1.29, 1.82) is 0 Å². The lowest BCUT2D eigenvalue weighted by atomic mass is 9.66. The summed E-state index contributed by atoms with van der Waals surface area (Å²) in [5.74, 6) is 0. The van der Waals surface area contributed by atoms with Crippen molar-refractivity contribution < 1.29 is 9.85 Å². The van der Waals surface area contributed by atoms with E-state index in [0.29, 0.717) is 33.6 Å². The molecule has 0 unspecified atom stereocenters. The highest BCUT2D eigenvalue weighted by atomic mass is 16.6. The van der Waals surface area contributed by atoms with E-state index in [9.17, 15) is 20.2 Å². The zero-order chi connectivity index (χ0) is 23.3. The predicted molar refractivity (Wildman–Crippen MR) is 126 cm³/mol. The highest BCUT2D eigenvalue weighted by Crippen LogP contribution is 2.59. The molecule has 4 N–H and O–H groups in total. The summed E-state index contributed by atoms with van der Waals surface area (Å²) in [6, 6.07) is 23.6. The van der Waals surface area contributed by atoms with E-state index in [1.165, 1.54) is 24.3 Å². The molecule has 0 saturated carbocycles. The number of rotatable bonds is 4. The van der Waals surface area contributed by atoms with E-state index in [0.717, 1.165) is 11.1 Å². The van der Waals surface area contributed by atoms with Gasteiger partial charge in [0.15, 0.2) is 0 Å². The number of benzene rings is 4. The van der Waals surface area contributed by atoms with E-state index in [2.05, 4.69) is 0 Å². The van der Waals surface area contributed by atoms with Gasteiger partial charge in [-0.3, -0.25) is 20.2 Å². The standard InChI is InChI=1S/C25H18N4O4/c26-23-7-3-1-5-19(23)25(20-6-2-4-8-24(20)27)21-13-15(28(30)31)9-11-17(21)18-12-10-16(29(32)33)14-22(18)25/h1-14H,26-27H2. The maximum atomic E-state index is 11.7. The van der Waals surface area contributed by atoms with Crippen molar-refractivity contribution in [2.45, 2.75) is 5.41 Å². The van der Waals surface area contributed by atoms with Crippen molar-refractivity contribution in [2.75, 3.05) is 11.5 Å². The van der Waals surface area contributed by atoms with E-state index in [1.54, 1.807) is 36.4 Å². The van der Waals surface area contributed by atoms with E-state index in [4.69, 9.17) is 11.5 Å². The van der Waals surface area contributed by atoms with E-state index >= 15 is 0 Å². The first-order valence-corrected chi connectivity index (χ1v) is 10.1. The van der Waals surface area contributed by atoms with Crippen LogP contribution in [0.4, 0.5) is 22.7 Å². The van der Waals surface area contributed by atoms with Crippen LogP contribution in [0.15, 0.2) is 84.9 Å². The molecule has 0 amide bonds. The van der Waals surface area contributed by atoms with Crippen LogP contribution in [0.1, 0.15) is 22.3 Å². The molecule has 8 nitrogen and oxygen atoms in total. The largest absolute Gasteiger partial charge is 0.398 e. The van der Waals surface area contributed by atoms with Crippen LogP contribution in [0.25, 0.3) is 11.1 Å². The quantitative estimate of drug-likeness (QED) is 0.229. The topological polar surface area (TPSA) is 138 Å². The third kappa shape index (κ3) is 2.77. The van der Waals surface area contributed by atoms with Gasteiger partial charge in [0, 0.05) is 35.6 Å². The van der Waals surface area contributed by atoms with E-state index < -0.39 is 15.3 Å². The SMILES string of the molecule is Nc1ccccc1C1(c2ccccc2N)c2cc([N+](=O)[O-])ccc2-c2ccc([N+](=O)[O-])cc21. The van der Waals surface area contributed by atoms with Crippen LogP contribution < -0.4 is 11.5 Å². The minimum absolute atomic E-state index is 0.0931. The number of nitrogens with two attached hydrogens (primary N) is 2. The lowest BCUT2D eigenvalue weighted by Crippen LogP contribution is -2.31. The number of para-hydroxylation sites is 2. The number of nitro groups is 2. The third-order valence-corrected chi connectivity index (χ3v) is 6.26. The van der Waals surface area contributed by atoms with Crippen molar-refractivity contribution in [3.05, 3.63) is 127 Å². The van der Waals surface area contributed by atoms with Gasteiger partial charge in [-0.05, 0) is 57.6 Å². The van der Waals surface area contributed by atoms with E-state index in [1.807, 2.05) is 24.3 Å². The van der Waals surface area contributed by atoms with Crippen LogP contribution in [0.3, 0.4) is 0 Å². The first kappa shape index (κ1) is 20.2. The summed E-state index contributed by atoms with van der Waals surface area (Å²) in [6.07, 6.45) is 0. The molecule has 1 aliphatic carbocycles. The predicted octanol–water partition coefficient (Wildman–Crippen LogP) is 5.03. The number of nitrogen functional groups attached to an aromatic ring is 2. The Kier molecular flexibility index (Phi) is 4.39. The Morgan fingerprint density at radius 3 is 1.33 bits per heavy atom. The zero-order valence-corrected chi connectivity index (χ0v) is 17.3. The lowest BCUT2D eigenvalue weighted by molar-refractivity contribution is -0.385. The molecule has 0 bridgehead atoms. The summed E-state index contributed by atoms with van der Waals surface area (Å²) < 4.78 is 0.